The van der Waals surface area contributed by atoms with Gasteiger partial charge in [0.2, 0.25) is 0 Å². The molecule has 0 atom stereocenters. The molecule has 0 amide bonds. The van der Waals surface area contributed by atoms with Crippen molar-refractivity contribution in [2.75, 3.05) is 0 Å². The van der Waals surface area contributed by atoms with Crippen LogP contribution in [-0.4, -0.2) is 0 Å². The van der Waals surface area contributed by atoms with E-state index in [0.29, 0.717) is 11.1 Å². The van der Waals surface area contributed by atoms with Crippen LogP contribution in [0.25, 0.3) is 34.4 Å². The van der Waals surface area contributed by atoms with Gasteiger partial charge in [0, 0.05) is 0 Å². The average molecular weight is 468 g/mol. The number of halogens is 6. The fourth-order valence-electron chi connectivity index (χ4n) is 3.47. The molecule has 0 radical (unpaired) electrons. The Balaban J connectivity index is 1.42. The molecular weight excluding hydrogens is 450 g/mol. The average Bonchev–Trinajstić information content (AvgIpc) is 2.82. The first-order valence-corrected chi connectivity index (χ1v) is 10.3. The summed E-state index contributed by atoms with van der Waals surface area (Å²) >= 11 is 0. The van der Waals surface area contributed by atoms with Crippen LogP contribution in [0.2, 0.25) is 0 Å². The normalized spacial score (nSPS) is 12.3. The quantitative estimate of drug-likeness (QED) is 0.207. The number of rotatable bonds is 4. The van der Waals surface area contributed by atoms with E-state index in [9.17, 15) is 26.3 Å². The molecule has 172 valence electrons. The minimum atomic E-state index is -4.36. The number of alkyl halides is 6. The lowest BCUT2D eigenvalue weighted by atomic mass is 10.0. The highest BCUT2D eigenvalue weighted by Gasteiger charge is 2.30. The van der Waals surface area contributed by atoms with E-state index in [0.717, 1.165) is 46.5 Å². The summed E-state index contributed by atoms with van der Waals surface area (Å²) in [7, 11) is 0. The van der Waals surface area contributed by atoms with Crippen molar-refractivity contribution in [3.8, 4) is 22.3 Å². The number of hydrogen-bond donors (Lipinski definition) is 0. The molecule has 0 N–H and O–H groups in total. The van der Waals surface area contributed by atoms with Crippen LogP contribution in [0.4, 0.5) is 26.3 Å². The second-order valence-electron chi connectivity index (χ2n) is 7.73. The monoisotopic (exact) mass is 468 g/mol. The van der Waals surface area contributed by atoms with Crippen molar-refractivity contribution in [3.63, 3.8) is 0 Å². The van der Waals surface area contributed by atoms with Crippen LogP contribution in [0.15, 0.2) is 97.1 Å². The predicted octanol–water partition coefficient (Wildman–Crippen LogP) is 9.23. The molecule has 34 heavy (non-hydrogen) atoms. The summed E-state index contributed by atoms with van der Waals surface area (Å²) in [6.45, 7) is 0. The summed E-state index contributed by atoms with van der Waals surface area (Å²) in [6.07, 6.45) is -4.90. The van der Waals surface area contributed by atoms with Crippen molar-refractivity contribution in [2.45, 2.75) is 12.4 Å². The molecule has 0 fully saturated rings. The lowest BCUT2D eigenvalue weighted by Crippen LogP contribution is -2.03. The van der Waals surface area contributed by atoms with Crippen LogP contribution in [0, 0.1) is 0 Å². The fraction of sp³-hybridized carbons (Fsp3) is 0.0714. The van der Waals surface area contributed by atoms with Gasteiger partial charge in [0.05, 0.1) is 11.1 Å². The maximum atomic E-state index is 12.7. The standard InChI is InChI=1S/C28H18F6/c29-27(30,31)25-15-11-23(12-16-25)21-7-3-19(4-8-21)1-2-20-5-9-22(10-6-20)24-13-17-26(18-14-24)28(32,33)34/h1-18H/b2-1+. The molecule has 0 aliphatic rings. The molecule has 0 heterocycles. The fourth-order valence-corrected chi connectivity index (χ4v) is 3.47. The largest absolute Gasteiger partial charge is 0.416 e. The molecule has 6 heteroatoms. The maximum Gasteiger partial charge on any atom is 0.416 e. The van der Waals surface area contributed by atoms with Crippen molar-refractivity contribution in [3.05, 3.63) is 119 Å². The molecule has 0 aliphatic carbocycles. The third-order valence-electron chi connectivity index (χ3n) is 5.38. The zero-order valence-corrected chi connectivity index (χ0v) is 17.7. The molecule has 4 aromatic rings. The highest BCUT2D eigenvalue weighted by Crippen LogP contribution is 2.32. The Kier molecular flexibility index (Phi) is 6.33. The minimum Gasteiger partial charge on any atom is -0.166 e. The van der Waals surface area contributed by atoms with Gasteiger partial charge in [-0.2, -0.15) is 26.3 Å². The third-order valence-corrected chi connectivity index (χ3v) is 5.38. The van der Waals surface area contributed by atoms with Crippen LogP contribution in [0.3, 0.4) is 0 Å². The van der Waals surface area contributed by atoms with Gasteiger partial charge < -0.3 is 0 Å². The van der Waals surface area contributed by atoms with Gasteiger partial charge in [-0.25, -0.2) is 0 Å². The summed E-state index contributed by atoms with van der Waals surface area (Å²) in [5, 5.41) is 0. The van der Waals surface area contributed by atoms with Crippen LogP contribution in [0.1, 0.15) is 22.3 Å². The van der Waals surface area contributed by atoms with Gasteiger partial charge in [-0.05, 0) is 57.6 Å². The van der Waals surface area contributed by atoms with Crippen molar-refractivity contribution in [2.24, 2.45) is 0 Å². The molecular formula is C28H18F6. The second kappa shape index (κ2) is 9.21. The van der Waals surface area contributed by atoms with Crippen molar-refractivity contribution in [1.82, 2.24) is 0 Å². The van der Waals surface area contributed by atoms with Gasteiger partial charge in [0.25, 0.3) is 0 Å². The Morgan fingerprint density at radius 3 is 0.824 bits per heavy atom. The van der Waals surface area contributed by atoms with E-state index in [1.165, 1.54) is 24.3 Å². The van der Waals surface area contributed by atoms with Gasteiger partial charge in [-0.1, -0.05) is 84.9 Å². The number of benzene rings is 4. The van der Waals surface area contributed by atoms with E-state index in [1.807, 2.05) is 60.7 Å². The van der Waals surface area contributed by atoms with E-state index in [2.05, 4.69) is 0 Å². The van der Waals surface area contributed by atoms with Crippen molar-refractivity contribution < 1.29 is 26.3 Å². The van der Waals surface area contributed by atoms with Crippen LogP contribution < -0.4 is 0 Å². The van der Waals surface area contributed by atoms with Crippen LogP contribution in [-0.2, 0) is 12.4 Å². The van der Waals surface area contributed by atoms with Crippen LogP contribution in [0.5, 0.6) is 0 Å². The van der Waals surface area contributed by atoms with Crippen molar-refractivity contribution >= 4 is 12.2 Å². The Morgan fingerprint density at radius 2 is 0.588 bits per heavy atom. The smallest absolute Gasteiger partial charge is 0.166 e. The molecule has 0 bridgehead atoms. The van der Waals surface area contributed by atoms with E-state index in [-0.39, 0.29) is 0 Å². The van der Waals surface area contributed by atoms with Gasteiger partial charge in [0.1, 0.15) is 0 Å². The number of hydrogen-bond acceptors (Lipinski definition) is 0. The second-order valence-corrected chi connectivity index (χ2v) is 7.73. The summed E-state index contributed by atoms with van der Waals surface area (Å²) < 4.78 is 76.3. The zero-order valence-electron chi connectivity index (χ0n) is 17.7. The summed E-state index contributed by atoms with van der Waals surface area (Å²) in [5.41, 5.74) is 3.49. The van der Waals surface area contributed by atoms with Crippen molar-refractivity contribution in [1.29, 1.82) is 0 Å². The first-order valence-electron chi connectivity index (χ1n) is 10.3. The topological polar surface area (TPSA) is 0 Å². The SMILES string of the molecule is FC(F)(F)c1ccc(-c2ccc(/C=C/c3ccc(-c4ccc(C(F)(F)F)cc4)cc3)cc2)cc1. The van der Waals surface area contributed by atoms with Gasteiger partial charge in [-0.15, -0.1) is 0 Å². The molecule has 4 aromatic carbocycles. The molecule has 0 saturated heterocycles. The van der Waals surface area contributed by atoms with E-state index in [4.69, 9.17) is 0 Å². The summed E-state index contributed by atoms with van der Waals surface area (Å²) in [4.78, 5) is 0. The van der Waals surface area contributed by atoms with Crippen LogP contribution >= 0.6 is 0 Å². The molecule has 0 aliphatic heterocycles. The predicted molar refractivity (Wildman–Crippen MR) is 123 cm³/mol. The molecule has 0 saturated carbocycles. The van der Waals surface area contributed by atoms with E-state index < -0.39 is 23.5 Å². The molecule has 0 nitrogen and oxygen atoms in total. The highest BCUT2D eigenvalue weighted by molar-refractivity contribution is 5.74. The molecule has 4 rings (SSSR count). The Labute approximate surface area is 192 Å². The van der Waals surface area contributed by atoms with E-state index in [1.54, 1.807) is 0 Å². The highest BCUT2D eigenvalue weighted by atomic mass is 19.4. The Morgan fingerprint density at radius 1 is 0.353 bits per heavy atom. The maximum absolute atomic E-state index is 12.7. The van der Waals surface area contributed by atoms with Gasteiger partial charge in [-0.3, -0.25) is 0 Å². The lowest BCUT2D eigenvalue weighted by molar-refractivity contribution is -0.138. The first-order chi connectivity index (χ1) is 16.1. The minimum absolute atomic E-state index is 0.680. The summed E-state index contributed by atoms with van der Waals surface area (Å²) in [5.74, 6) is 0. The molecule has 0 aromatic heterocycles. The summed E-state index contributed by atoms with van der Waals surface area (Å²) in [6, 6.07) is 24.9. The molecule has 0 spiro atoms. The van der Waals surface area contributed by atoms with E-state index >= 15 is 0 Å². The first kappa shape index (κ1) is 23.4. The Hall–Kier alpha value is -3.80. The molecule has 0 unspecified atom stereocenters. The van der Waals surface area contributed by atoms with Gasteiger partial charge >= 0.3 is 12.4 Å². The lowest BCUT2D eigenvalue weighted by Gasteiger charge is -2.08. The zero-order chi connectivity index (χ0) is 24.3. The Bertz CT molecular complexity index is 1160. The third kappa shape index (κ3) is 5.57. The van der Waals surface area contributed by atoms with Gasteiger partial charge in [0.15, 0.2) is 0 Å².